The lowest BCUT2D eigenvalue weighted by Gasteiger charge is -2.20. The lowest BCUT2D eigenvalue weighted by Crippen LogP contribution is -2.29. The van der Waals surface area contributed by atoms with Crippen molar-refractivity contribution in [2.75, 3.05) is 0 Å². The Morgan fingerprint density at radius 3 is 2.53 bits per heavy atom. The SMILES string of the molecule is CC(C)(C)S(=O)(=O)c1cn2ccnc2cc1C(=O)O. The number of sulfone groups is 1. The summed E-state index contributed by atoms with van der Waals surface area (Å²) in [6.07, 6.45) is 4.35. The molecule has 19 heavy (non-hydrogen) atoms. The summed E-state index contributed by atoms with van der Waals surface area (Å²) in [4.78, 5) is 15.0. The monoisotopic (exact) mass is 282 g/mol. The number of aromatic carboxylic acids is 1. The maximum atomic E-state index is 12.4. The van der Waals surface area contributed by atoms with E-state index in [2.05, 4.69) is 4.98 Å². The van der Waals surface area contributed by atoms with Crippen LogP contribution in [0.3, 0.4) is 0 Å². The molecule has 0 aliphatic rings. The van der Waals surface area contributed by atoms with Crippen molar-refractivity contribution in [1.29, 1.82) is 0 Å². The maximum Gasteiger partial charge on any atom is 0.337 e. The van der Waals surface area contributed by atoms with Gasteiger partial charge in [0, 0.05) is 18.6 Å². The number of carboxylic acids is 1. The second kappa shape index (κ2) is 4.06. The van der Waals surface area contributed by atoms with Crippen LogP contribution in [0.15, 0.2) is 29.6 Å². The molecule has 2 aromatic heterocycles. The molecule has 0 unspecified atom stereocenters. The number of nitrogens with zero attached hydrogens (tertiary/aromatic N) is 2. The van der Waals surface area contributed by atoms with E-state index in [9.17, 15) is 18.3 Å². The van der Waals surface area contributed by atoms with Gasteiger partial charge in [-0.2, -0.15) is 0 Å². The number of aromatic nitrogens is 2. The largest absolute Gasteiger partial charge is 0.478 e. The van der Waals surface area contributed by atoms with Crippen LogP contribution < -0.4 is 0 Å². The van der Waals surface area contributed by atoms with Crippen molar-refractivity contribution in [2.45, 2.75) is 30.4 Å². The quantitative estimate of drug-likeness (QED) is 0.903. The van der Waals surface area contributed by atoms with Crippen molar-refractivity contribution in [1.82, 2.24) is 9.38 Å². The van der Waals surface area contributed by atoms with Crippen LogP contribution in [0.2, 0.25) is 0 Å². The number of hydrogen-bond acceptors (Lipinski definition) is 4. The highest BCUT2D eigenvalue weighted by atomic mass is 32.2. The second-order valence-electron chi connectivity index (χ2n) is 5.17. The fraction of sp³-hybridized carbons (Fsp3) is 0.333. The molecule has 0 radical (unpaired) electrons. The molecule has 102 valence electrons. The van der Waals surface area contributed by atoms with E-state index in [4.69, 9.17) is 0 Å². The Morgan fingerprint density at radius 2 is 2.00 bits per heavy atom. The zero-order valence-electron chi connectivity index (χ0n) is 10.8. The molecule has 0 saturated heterocycles. The highest BCUT2D eigenvalue weighted by molar-refractivity contribution is 7.92. The predicted molar refractivity (Wildman–Crippen MR) is 69.1 cm³/mol. The molecule has 0 saturated carbocycles. The highest BCUT2D eigenvalue weighted by Crippen LogP contribution is 2.28. The molecule has 0 aliphatic carbocycles. The standard InChI is InChI=1S/C12H14N2O4S/c1-12(2,3)19(17,18)9-7-14-5-4-13-10(14)6-8(9)11(15)16/h4-7H,1-3H3,(H,15,16). The van der Waals surface area contributed by atoms with Crippen LogP contribution in [-0.4, -0.2) is 33.6 Å². The van der Waals surface area contributed by atoms with E-state index in [-0.39, 0.29) is 10.5 Å². The first-order valence-corrected chi connectivity index (χ1v) is 7.07. The van der Waals surface area contributed by atoms with Gasteiger partial charge in [0.15, 0.2) is 9.84 Å². The average molecular weight is 282 g/mol. The Balaban J connectivity index is 2.85. The zero-order chi connectivity index (χ0) is 14.4. The lowest BCUT2D eigenvalue weighted by molar-refractivity contribution is 0.0692. The van der Waals surface area contributed by atoms with Crippen molar-refractivity contribution in [3.63, 3.8) is 0 Å². The molecule has 0 atom stereocenters. The van der Waals surface area contributed by atoms with E-state index >= 15 is 0 Å². The fourth-order valence-electron chi connectivity index (χ4n) is 1.65. The molecular formula is C12H14N2O4S. The van der Waals surface area contributed by atoms with Gasteiger partial charge in [0.2, 0.25) is 0 Å². The van der Waals surface area contributed by atoms with Crippen LogP contribution in [-0.2, 0) is 9.84 Å². The Kier molecular flexibility index (Phi) is 2.89. The summed E-state index contributed by atoms with van der Waals surface area (Å²) in [5.41, 5.74) is 0.138. The van der Waals surface area contributed by atoms with Gasteiger partial charge in [-0.3, -0.25) is 0 Å². The minimum Gasteiger partial charge on any atom is -0.478 e. The van der Waals surface area contributed by atoms with Crippen LogP contribution in [0.1, 0.15) is 31.1 Å². The molecule has 0 aromatic carbocycles. The van der Waals surface area contributed by atoms with Gasteiger partial charge in [0.1, 0.15) is 5.65 Å². The minimum atomic E-state index is -3.75. The molecule has 2 heterocycles. The average Bonchev–Trinajstić information content (AvgIpc) is 2.72. The third-order valence-corrected chi connectivity index (χ3v) is 5.34. The van der Waals surface area contributed by atoms with Crippen LogP contribution in [0, 0.1) is 0 Å². The molecule has 7 heteroatoms. The first-order valence-electron chi connectivity index (χ1n) is 5.59. The molecule has 2 aromatic rings. The van der Waals surface area contributed by atoms with Gasteiger partial charge in [-0.1, -0.05) is 0 Å². The number of rotatable bonds is 2. The summed E-state index contributed by atoms with van der Waals surface area (Å²) in [7, 11) is -3.75. The number of fused-ring (bicyclic) bond motifs is 1. The van der Waals surface area contributed by atoms with Gasteiger partial charge in [-0.15, -0.1) is 0 Å². The van der Waals surface area contributed by atoms with Crippen LogP contribution in [0.4, 0.5) is 0 Å². The number of carbonyl (C=O) groups is 1. The van der Waals surface area contributed by atoms with Crippen LogP contribution in [0.5, 0.6) is 0 Å². The van der Waals surface area contributed by atoms with E-state index in [1.807, 2.05) is 0 Å². The van der Waals surface area contributed by atoms with E-state index in [1.165, 1.54) is 43.6 Å². The van der Waals surface area contributed by atoms with Crippen LogP contribution >= 0.6 is 0 Å². The normalized spacial score (nSPS) is 12.8. The van der Waals surface area contributed by atoms with Gasteiger partial charge < -0.3 is 9.51 Å². The Hall–Kier alpha value is -1.89. The summed E-state index contributed by atoms with van der Waals surface area (Å²) in [5, 5.41) is 9.19. The number of carboxylic acid groups (broad SMARTS) is 1. The third kappa shape index (κ3) is 2.10. The third-order valence-electron chi connectivity index (χ3n) is 2.82. The van der Waals surface area contributed by atoms with Crippen molar-refractivity contribution < 1.29 is 18.3 Å². The topological polar surface area (TPSA) is 88.7 Å². The van der Waals surface area contributed by atoms with E-state index in [0.717, 1.165) is 0 Å². The van der Waals surface area contributed by atoms with Gasteiger partial charge >= 0.3 is 5.97 Å². The van der Waals surface area contributed by atoms with Gasteiger partial charge in [-0.25, -0.2) is 18.2 Å². The number of imidazole rings is 1. The van der Waals surface area contributed by atoms with E-state index in [1.54, 1.807) is 6.20 Å². The predicted octanol–water partition coefficient (Wildman–Crippen LogP) is 1.60. The van der Waals surface area contributed by atoms with Crippen molar-refractivity contribution >= 4 is 21.5 Å². The molecule has 0 aliphatic heterocycles. The molecule has 0 fully saturated rings. The zero-order valence-corrected chi connectivity index (χ0v) is 11.6. The van der Waals surface area contributed by atoms with E-state index < -0.39 is 20.6 Å². The Bertz CT molecular complexity index is 754. The van der Waals surface area contributed by atoms with Crippen LogP contribution in [0.25, 0.3) is 5.65 Å². The Labute approximate surface area is 110 Å². The molecule has 6 nitrogen and oxygen atoms in total. The van der Waals surface area contributed by atoms with Crippen molar-refractivity contribution in [2.24, 2.45) is 0 Å². The summed E-state index contributed by atoms with van der Waals surface area (Å²) >= 11 is 0. The summed E-state index contributed by atoms with van der Waals surface area (Å²) in [6, 6.07) is 1.26. The molecular weight excluding hydrogens is 268 g/mol. The summed E-state index contributed by atoms with van der Waals surface area (Å²) in [6.45, 7) is 4.60. The smallest absolute Gasteiger partial charge is 0.337 e. The number of pyridine rings is 1. The van der Waals surface area contributed by atoms with Crippen molar-refractivity contribution in [3.8, 4) is 0 Å². The molecule has 0 amide bonds. The number of hydrogen-bond donors (Lipinski definition) is 1. The summed E-state index contributed by atoms with van der Waals surface area (Å²) in [5.74, 6) is -1.28. The van der Waals surface area contributed by atoms with E-state index in [0.29, 0.717) is 5.65 Å². The molecule has 2 rings (SSSR count). The highest BCUT2D eigenvalue weighted by Gasteiger charge is 2.34. The molecule has 0 spiro atoms. The van der Waals surface area contributed by atoms with Crippen molar-refractivity contribution in [3.05, 3.63) is 30.2 Å². The Morgan fingerprint density at radius 1 is 1.37 bits per heavy atom. The van der Waals surface area contributed by atoms with Gasteiger partial charge in [0.05, 0.1) is 15.2 Å². The maximum absolute atomic E-state index is 12.4. The fourth-order valence-corrected chi connectivity index (χ4v) is 3.00. The van der Waals surface area contributed by atoms with Gasteiger partial charge in [-0.05, 0) is 26.8 Å². The first-order chi connectivity index (χ1) is 8.64. The lowest BCUT2D eigenvalue weighted by atomic mass is 10.2. The summed E-state index contributed by atoms with van der Waals surface area (Å²) < 4.78 is 25.3. The van der Waals surface area contributed by atoms with Gasteiger partial charge in [0.25, 0.3) is 0 Å². The molecule has 1 N–H and O–H groups in total. The first kappa shape index (κ1) is 13.5. The minimum absolute atomic E-state index is 0.196. The second-order valence-corrected chi connectivity index (χ2v) is 7.84. The molecule has 0 bridgehead atoms.